The number of aliphatic hydroxyl groups is 1. The van der Waals surface area contributed by atoms with Gasteiger partial charge in [0.25, 0.3) is 0 Å². The number of benzene rings is 2. The van der Waals surface area contributed by atoms with E-state index in [-0.39, 0.29) is 0 Å². The molecule has 1 aromatic heterocycles. The molecule has 0 amide bonds. The summed E-state index contributed by atoms with van der Waals surface area (Å²) in [4.78, 5) is 0. The summed E-state index contributed by atoms with van der Waals surface area (Å²) in [6.07, 6.45) is 0. The van der Waals surface area contributed by atoms with Crippen molar-refractivity contribution in [2.24, 2.45) is 0 Å². The number of hydrogen-bond acceptors (Lipinski definition) is 3. The van der Waals surface area contributed by atoms with Gasteiger partial charge in [0, 0.05) is 5.39 Å². The van der Waals surface area contributed by atoms with E-state index in [1.807, 2.05) is 54.6 Å². The van der Waals surface area contributed by atoms with Crippen LogP contribution in [0.3, 0.4) is 0 Å². The second kappa shape index (κ2) is 4.69. The van der Waals surface area contributed by atoms with Gasteiger partial charge in [0.05, 0.1) is 7.11 Å². The molecule has 3 heteroatoms. The molecule has 0 bridgehead atoms. The van der Waals surface area contributed by atoms with Crippen molar-refractivity contribution >= 4 is 11.0 Å². The molecule has 3 aromatic rings. The fourth-order valence-electron chi connectivity index (χ4n) is 2.29. The molecule has 0 aliphatic carbocycles. The summed E-state index contributed by atoms with van der Waals surface area (Å²) < 4.78 is 11.0. The SMILES string of the molecule is COc1cccc(C(C)(O)c2cc3ccccc3o2)c1. The van der Waals surface area contributed by atoms with Gasteiger partial charge in [0.1, 0.15) is 22.7 Å². The molecular formula is C17H16O3. The zero-order valence-corrected chi connectivity index (χ0v) is 11.5. The molecule has 0 spiro atoms. The predicted octanol–water partition coefficient (Wildman–Crippen LogP) is 3.70. The lowest BCUT2D eigenvalue weighted by Gasteiger charge is -2.21. The van der Waals surface area contributed by atoms with Crippen molar-refractivity contribution in [3.05, 3.63) is 65.9 Å². The van der Waals surface area contributed by atoms with Crippen LogP contribution in [0.1, 0.15) is 18.2 Å². The molecule has 0 aliphatic rings. The third-order valence-electron chi connectivity index (χ3n) is 3.54. The molecule has 0 saturated carbocycles. The monoisotopic (exact) mass is 268 g/mol. The molecule has 3 nitrogen and oxygen atoms in total. The first-order chi connectivity index (χ1) is 9.61. The van der Waals surface area contributed by atoms with Gasteiger partial charge in [-0.15, -0.1) is 0 Å². The van der Waals surface area contributed by atoms with Crippen LogP contribution in [-0.4, -0.2) is 12.2 Å². The third-order valence-corrected chi connectivity index (χ3v) is 3.54. The summed E-state index contributed by atoms with van der Waals surface area (Å²) in [5.41, 5.74) is 0.301. The van der Waals surface area contributed by atoms with E-state index in [0.717, 1.165) is 16.5 Å². The summed E-state index contributed by atoms with van der Waals surface area (Å²) in [5, 5.41) is 11.8. The van der Waals surface area contributed by atoms with Crippen LogP contribution in [0.15, 0.2) is 59.0 Å². The van der Waals surface area contributed by atoms with Gasteiger partial charge in [-0.25, -0.2) is 0 Å². The van der Waals surface area contributed by atoms with Crippen molar-refractivity contribution in [2.45, 2.75) is 12.5 Å². The van der Waals surface area contributed by atoms with Gasteiger partial charge in [-0.3, -0.25) is 0 Å². The molecule has 1 N–H and O–H groups in total. The normalized spacial score (nSPS) is 14.2. The van der Waals surface area contributed by atoms with Gasteiger partial charge in [0.2, 0.25) is 0 Å². The van der Waals surface area contributed by atoms with Crippen LogP contribution < -0.4 is 4.74 Å². The average molecular weight is 268 g/mol. The molecule has 1 unspecified atom stereocenters. The predicted molar refractivity (Wildman–Crippen MR) is 77.9 cm³/mol. The van der Waals surface area contributed by atoms with Gasteiger partial charge in [-0.2, -0.15) is 0 Å². The fraction of sp³-hybridized carbons (Fsp3) is 0.176. The Bertz CT molecular complexity index is 708. The van der Waals surface area contributed by atoms with E-state index in [4.69, 9.17) is 9.15 Å². The van der Waals surface area contributed by atoms with Crippen molar-refractivity contribution in [3.8, 4) is 5.75 Å². The Morgan fingerprint density at radius 2 is 1.85 bits per heavy atom. The number of hydrogen-bond donors (Lipinski definition) is 1. The molecule has 3 rings (SSSR count). The van der Waals surface area contributed by atoms with Crippen LogP contribution in [0.4, 0.5) is 0 Å². The first-order valence-electron chi connectivity index (χ1n) is 6.47. The Hall–Kier alpha value is -2.26. The number of rotatable bonds is 3. The summed E-state index contributed by atoms with van der Waals surface area (Å²) in [6, 6.07) is 16.9. The first-order valence-corrected chi connectivity index (χ1v) is 6.47. The van der Waals surface area contributed by atoms with Gasteiger partial charge >= 0.3 is 0 Å². The van der Waals surface area contributed by atoms with E-state index >= 15 is 0 Å². The zero-order chi connectivity index (χ0) is 14.2. The van der Waals surface area contributed by atoms with Crippen molar-refractivity contribution in [3.63, 3.8) is 0 Å². The van der Waals surface area contributed by atoms with E-state index in [1.165, 1.54) is 0 Å². The number of furan rings is 1. The molecule has 0 radical (unpaired) electrons. The smallest absolute Gasteiger partial charge is 0.144 e. The summed E-state index contributed by atoms with van der Waals surface area (Å²) in [6.45, 7) is 1.72. The molecule has 102 valence electrons. The highest BCUT2D eigenvalue weighted by molar-refractivity contribution is 5.78. The molecule has 0 aliphatic heterocycles. The quantitative estimate of drug-likeness (QED) is 0.787. The largest absolute Gasteiger partial charge is 0.497 e. The number of ether oxygens (including phenoxy) is 1. The van der Waals surface area contributed by atoms with E-state index in [2.05, 4.69) is 0 Å². The van der Waals surface area contributed by atoms with E-state index in [0.29, 0.717) is 11.5 Å². The van der Waals surface area contributed by atoms with Crippen molar-refractivity contribution in [1.82, 2.24) is 0 Å². The molecule has 20 heavy (non-hydrogen) atoms. The Balaban J connectivity index is 2.09. The van der Waals surface area contributed by atoms with Crippen LogP contribution in [0.5, 0.6) is 5.75 Å². The Labute approximate surface area is 117 Å². The summed E-state index contributed by atoms with van der Waals surface area (Å²) >= 11 is 0. The van der Waals surface area contributed by atoms with Crippen molar-refractivity contribution in [2.75, 3.05) is 7.11 Å². The second-order valence-electron chi connectivity index (χ2n) is 4.95. The maximum absolute atomic E-state index is 10.8. The van der Waals surface area contributed by atoms with Crippen molar-refractivity contribution in [1.29, 1.82) is 0 Å². The standard InChI is InChI=1S/C17H16O3/c1-17(18,13-7-5-8-14(11-13)19-2)16-10-12-6-3-4-9-15(12)20-16/h3-11,18H,1-2H3. The minimum absolute atomic E-state index is 0.520. The molecular weight excluding hydrogens is 252 g/mol. The van der Waals surface area contributed by atoms with Crippen LogP contribution in [-0.2, 0) is 5.60 Å². The highest BCUT2D eigenvalue weighted by atomic mass is 16.5. The second-order valence-corrected chi connectivity index (χ2v) is 4.95. The van der Waals surface area contributed by atoms with Crippen LogP contribution in [0.2, 0.25) is 0 Å². The Morgan fingerprint density at radius 1 is 1.05 bits per heavy atom. The highest BCUT2D eigenvalue weighted by Crippen LogP contribution is 2.34. The van der Waals surface area contributed by atoms with Gasteiger partial charge in [-0.1, -0.05) is 30.3 Å². The van der Waals surface area contributed by atoms with Gasteiger partial charge in [-0.05, 0) is 36.8 Å². The third kappa shape index (κ3) is 2.06. The zero-order valence-electron chi connectivity index (χ0n) is 11.5. The Kier molecular flexibility index (Phi) is 2.99. The van der Waals surface area contributed by atoms with Crippen molar-refractivity contribution < 1.29 is 14.3 Å². The molecule has 1 atom stereocenters. The minimum atomic E-state index is -1.20. The van der Waals surface area contributed by atoms with E-state index < -0.39 is 5.60 Å². The first kappa shape index (κ1) is 12.8. The van der Waals surface area contributed by atoms with E-state index in [9.17, 15) is 5.11 Å². The lowest BCUT2D eigenvalue weighted by atomic mass is 9.93. The van der Waals surface area contributed by atoms with E-state index in [1.54, 1.807) is 14.0 Å². The minimum Gasteiger partial charge on any atom is -0.497 e. The number of fused-ring (bicyclic) bond motifs is 1. The number of methoxy groups -OCH3 is 1. The lowest BCUT2D eigenvalue weighted by molar-refractivity contribution is 0.0784. The van der Waals surface area contributed by atoms with Gasteiger partial charge in [0.15, 0.2) is 0 Å². The van der Waals surface area contributed by atoms with Crippen LogP contribution in [0.25, 0.3) is 11.0 Å². The maximum Gasteiger partial charge on any atom is 0.144 e. The number of para-hydroxylation sites is 1. The molecule has 0 fully saturated rings. The topological polar surface area (TPSA) is 42.6 Å². The average Bonchev–Trinajstić information content (AvgIpc) is 2.92. The van der Waals surface area contributed by atoms with Crippen LogP contribution >= 0.6 is 0 Å². The lowest BCUT2D eigenvalue weighted by Crippen LogP contribution is -2.21. The summed E-state index contributed by atoms with van der Waals surface area (Å²) in [7, 11) is 1.61. The van der Waals surface area contributed by atoms with Gasteiger partial charge < -0.3 is 14.3 Å². The maximum atomic E-state index is 10.8. The Morgan fingerprint density at radius 3 is 2.60 bits per heavy atom. The summed E-state index contributed by atoms with van der Waals surface area (Å²) in [5.74, 6) is 1.23. The highest BCUT2D eigenvalue weighted by Gasteiger charge is 2.30. The fourth-order valence-corrected chi connectivity index (χ4v) is 2.29. The molecule has 1 heterocycles. The van der Waals surface area contributed by atoms with Crippen LogP contribution in [0, 0.1) is 0 Å². The molecule has 0 saturated heterocycles. The molecule has 2 aromatic carbocycles.